The Balaban J connectivity index is 1.44. The molecule has 0 bridgehead atoms. The van der Waals surface area contributed by atoms with Gasteiger partial charge in [0.05, 0.1) is 6.54 Å². The molecule has 10 heteroatoms. The molecule has 3 aromatic rings. The second-order valence-electron chi connectivity index (χ2n) is 6.43. The lowest BCUT2D eigenvalue weighted by Gasteiger charge is -2.35. The number of aryl methyl sites for hydroxylation is 1. The second-order valence-corrected chi connectivity index (χ2v) is 6.43. The number of aromatic nitrogens is 6. The number of benzene rings is 1. The number of amides is 1. The van der Waals surface area contributed by atoms with Crippen molar-refractivity contribution in [2.24, 2.45) is 0 Å². The Morgan fingerprint density at radius 2 is 1.96 bits per heavy atom. The van der Waals surface area contributed by atoms with Crippen LogP contribution in [0.5, 0.6) is 0 Å². The highest BCUT2D eigenvalue weighted by Gasteiger charge is 2.31. The van der Waals surface area contributed by atoms with Gasteiger partial charge in [-0.05, 0) is 16.0 Å². The summed E-state index contributed by atoms with van der Waals surface area (Å²) in [6, 6.07) is 9.00. The monoisotopic (exact) mass is 368 g/mol. The predicted molar refractivity (Wildman–Crippen MR) is 93.3 cm³/mol. The minimum atomic E-state index is -0.562. The Morgan fingerprint density at radius 3 is 2.59 bits per heavy atom. The molecule has 1 atom stereocenters. The number of hydrogen-bond donors (Lipinski definition) is 0. The number of carbonyl (C=O) groups is 1. The summed E-state index contributed by atoms with van der Waals surface area (Å²) in [4.78, 5) is 21.5. The molecule has 2 aromatic heterocycles. The second kappa shape index (κ2) is 7.62. The SMILES string of the molecule is Cc1nc(CN2CCN(C(=O)C(c3ccccc3)n3cnnn3)CC2)no1. The molecule has 0 saturated carbocycles. The van der Waals surface area contributed by atoms with Crippen LogP contribution in [0.15, 0.2) is 41.2 Å². The number of piperazine rings is 1. The molecular weight excluding hydrogens is 348 g/mol. The van der Waals surface area contributed by atoms with E-state index in [2.05, 4.69) is 30.6 Å². The van der Waals surface area contributed by atoms with E-state index < -0.39 is 6.04 Å². The summed E-state index contributed by atoms with van der Waals surface area (Å²) in [6.45, 7) is 5.14. The van der Waals surface area contributed by atoms with Gasteiger partial charge in [0.2, 0.25) is 5.89 Å². The Labute approximate surface area is 155 Å². The first kappa shape index (κ1) is 17.3. The molecule has 1 aliphatic rings. The van der Waals surface area contributed by atoms with Gasteiger partial charge in [-0.15, -0.1) is 5.10 Å². The maximum Gasteiger partial charge on any atom is 0.252 e. The number of nitrogens with zero attached hydrogens (tertiary/aromatic N) is 8. The zero-order valence-electron chi connectivity index (χ0n) is 15.0. The highest BCUT2D eigenvalue weighted by atomic mass is 16.5. The van der Waals surface area contributed by atoms with Gasteiger partial charge in [0, 0.05) is 33.1 Å². The van der Waals surface area contributed by atoms with Crippen molar-refractivity contribution in [2.45, 2.75) is 19.5 Å². The van der Waals surface area contributed by atoms with Crippen molar-refractivity contribution in [2.75, 3.05) is 26.2 Å². The molecule has 4 rings (SSSR count). The van der Waals surface area contributed by atoms with E-state index in [1.54, 1.807) is 6.92 Å². The molecule has 1 unspecified atom stereocenters. The van der Waals surface area contributed by atoms with E-state index in [1.807, 2.05) is 35.2 Å². The number of tetrazole rings is 1. The largest absolute Gasteiger partial charge is 0.340 e. The van der Waals surface area contributed by atoms with Crippen LogP contribution >= 0.6 is 0 Å². The van der Waals surface area contributed by atoms with Crippen LogP contribution < -0.4 is 0 Å². The molecular formula is C17H20N8O2. The van der Waals surface area contributed by atoms with Crippen molar-refractivity contribution in [1.82, 2.24) is 40.1 Å². The van der Waals surface area contributed by atoms with Crippen LogP contribution in [0.25, 0.3) is 0 Å². The molecule has 1 fully saturated rings. The van der Waals surface area contributed by atoms with Gasteiger partial charge in [-0.2, -0.15) is 4.98 Å². The van der Waals surface area contributed by atoms with Crippen LogP contribution in [0.2, 0.25) is 0 Å². The normalized spacial score (nSPS) is 16.4. The molecule has 1 aliphatic heterocycles. The molecule has 10 nitrogen and oxygen atoms in total. The van der Waals surface area contributed by atoms with Gasteiger partial charge < -0.3 is 9.42 Å². The average molecular weight is 368 g/mol. The van der Waals surface area contributed by atoms with Crippen molar-refractivity contribution >= 4 is 5.91 Å². The predicted octanol–water partition coefficient (Wildman–Crippen LogP) is 0.298. The fourth-order valence-electron chi connectivity index (χ4n) is 3.24. The van der Waals surface area contributed by atoms with E-state index in [4.69, 9.17) is 4.52 Å². The van der Waals surface area contributed by atoms with Crippen LogP contribution in [0, 0.1) is 6.92 Å². The topological polar surface area (TPSA) is 106 Å². The van der Waals surface area contributed by atoms with Crippen molar-refractivity contribution in [1.29, 1.82) is 0 Å². The summed E-state index contributed by atoms with van der Waals surface area (Å²) in [5.74, 6) is 1.22. The lowest BCUT2D eigenvalue weighted by molar-refractivity contribution is -0.135. The third-order valence-corrected chi connectivity index (χ3v) is 4.60. The quantitative estimate of drug-likeness (QED) is 0.633. The minimum Gasteiger partial charge on any atom is -0.340 e. The van der Waals surface area contributed by atoms with Gasteiger partial charge in [-0.25, -0.2) is 4.68 Å². The maximum atomic E-state index is 13.2. The van der Waals surface area contributed by atoms with E-state index in [0.717, 1.165) is 18.7 Å². The fraction of sp³-hybridized carbons (Fsp3) is 0.412. The fourth-order valence-corrected chi connectivity index (χ4v) is 3.24. The Bertz CT molecular complexity index is 871. The van der Waals surface area contributed by atoms with Crippen LogP contribution in [0.3, 0.4) is 0 Å². The molecule has 27 heavy (non-hydrogen) atoms. The van der Waals surface area contributed by atoms with Gasteiger partial charge >= 0.3 is 0 Å². The number of rotatable bonds is 5. The molecule has 0 aliphatic carbocycles. The van der Waals surface area contributed by atoms with Crippen molar-refractivity contribution < 1.29 is 9.32 Å². The van der Waals surface area contributed by atoms with Crippen molar-refractivity contribution in [3.63, 3.8) is 0 Å². The minimum absolute atomic E-state index is 0.0106. The zero-order chi connectivity index (χ0) is 18.6. The van der Waals surface area contributed by atoms with E-state index in [1.165, 1.54) is 11.0 Å². The highest BCUT2D eigenvalue weighted by Crippen LogP contribution is 2.20. The average Bonchev–Trinajstić information content (AvgIpc) is 3.36. The molecule has 1 saturated heterocycles. The van der Waals surface area contributed by atoms with Gasteiger partial charge in [-0.3, -0.25) is 9.69 Å². The summed E-state index contributed by atoms with van der Waals surface area (Å²) in [5, 5.41) is 15.3. The highest BCUT2D eigenvalue weighted by molar-refractivity contribution is 5.83. The molecule has 1 amide bonds. The van der Waals surface area contributed by atoms with Gasteiger partial charge in [0.1, 0.15) is 6.33 Å². The Morgan fingerprint density at radius 1 is 1.19 bits per heavy atom. The van der Waals surface area contributed by atoms with E-state index in [9.17, 15) is 4.79 Å². The molecule has 1 aromatic carbocycles. The lowest BCUT2D eigenvalue weighted by Crippen LogP contribution is -2.50. The van der Waals surface area contributed by atoms with Gasteiger partial charge in [-0.1, -0.05) is 35.5 Å². The zero-order valence-corrected chi connectivity index (χ0v) is 15.0. The maximum absolute atomic E-state index is 13.2. The standard InChI is InChI=1S/C17H20N8O2/c1-13-19-15(20-27-13)11-23-7-9-24(10-8-23)17(26)16(25-12-18-21-22-25)14-5-3-2-4-6-14/h2-6,12,16H,7-11H2,1H3. The molecule has 0 N–H and O–H groups in total. The van der Waals surface area contributed by atoms with E-state index in [0.29, 0.717) is 31.3 Å². The first-order valence-corrected chi connectivity index (χ1v) is 8.78. The van der Waals surface area contributed by atoms with E-state index >= 15 is 0 Å². The summed E-state index contributed by atoms with van der Waals surface area (Å²) < 4.78 is 6.52. The van der Waals surface area contributed by atoms with Crippen LogP contribution in [-0.2, 0) is 11.3 Å². The third kappa shape index (κ3) is 3.85. The Hall–Kier alpha value is -3.14. The summed E-state index contributed by atoms with van der Waals surface area (Å²) >= 11 is 0. The third-order valence-electron chi connectivity index (χ3n) is 4.60. The number of hydrogen-bond acceptors (Lipinski definition) is 8. The van der Waals surface area contributed by atoms with Crippen molar-refractivity contribution in [3.8, 4) is 0 Å². The van der Waals surface area contributed by atoms with Crippen LogP contribution in [-0.4, -0.2) is 72.2 Å². The Kier molecular flexibility index (Phi) is 4.88. The van der Waals surface area contributed by atoms with Gasteiger partial charge in [0.15, 0.2) is 11.9 Å². The smallest absolute Gasteiger partial charge is 0.252 e. The summed E-state index contributed by atoms with van der Waals surface area (Å²) in [5.41, 5.74) is 0.861. The molecule has 0 spiro atoms. The van der Waals surface area contributed by atoms with E-state index in [-0.39, 0.29) is 5.91 Å². The van der Waals surface area contributed by atoms with Gasteiger partial charge in [0.25, 0.3) is 5.91 Å². The van der Waals surface area contributed by atoms with Crippen LogP contribution in [0.1, 0.15) is 23.3 Å². The first-order valence-electron chi connectivity index (χ1n) is 8.78. The molecule has 140 valence electrons. The first-order chi connectivity index (χ1) is 13.2. The van der Waals surface area contributed by atoms with Crippen LogP contribution in [0.4, 0.5) is 0 Å². The lowest BCUT2D eigenvalue weighted by atomic mass is 10.1. The summed E-state index contributed by atoms with van der Waals surface area (Å²) in [7, 11) is 0. The molecule has 3 heterocycles. The number of carbonyl (C=O) groups excluding carboxylic acids is 1. The summed E-state index contributed by atoms with van der Waals surface area (Å²) in [6.07, 6.45) is 1.48. The molecule has 0 radical (unpaired) electrons. The van der Waals surface area contributed by atoms with Crippen molar-refractivity contribution in [3.05, 3.63) is 53.9 Å².